The molecule has 0 spiro atoms. The first kappa shape index (κ1) is 25.1. The van der Waals surface area contributed by atoms with E-state index in [0.717, 1.165) is 25.3 Å². The Morgan fingerprint density at radius 3 is 2.42 bits per heavy atom. The highest BCUT2D eigenvalue weighted by atomic mass is 35.5. The zero-order valence-corrected chi connectivity index (χ0v) is 19.6. The number of nitrogens with one attached hydrogen (secondary N) is 1. The van der Waals surface area contributed by atoms with Crippen molar-refractivity contribution in [3.05, 3.63) is 28.8 Å². The number of hydrogen-bond donors (Lipinski definition) is 1. The van der Waals surface area contributed by atoms with Gasteiger partial charge in [-0.05, 0) is 38.0 Å². The first-order chi connectivity index (χ1) is 14.6. The molecule has 0 heterocycles. The van der Waals surface area contributed by atoms with Crippen LogP contribution in [-0.4, -0.2) is 49.3 Å². The third kappa shape index (κ3) is 5.76. The molecule has 0 radical (unpaired) electrons. The quantitative estimate of drug-likeness (QED) is 0.584. The Hall–Kier alpha value is -2.15. The Labute approximate surface area is 188 Å². The second-order valence-electron chi connectivity index (χ2n) is 7.52. The van der Waals surface area contributed by atoms with Gasteiger partial charge in [-0.1, -0.05) is 44.7 Å². The van der Waals surface area contributed by atoms with Crippen molar-refractivity contribution >= 4 is 33.5 Å². The fourth-order valence-corrected chi connectivity index (χ4v) is 5.25. The maximum absolute atomic E-state index is 12.7. The van der Waals surface area contributed by atoms with Crippen LogP contribution in [0.25, 0.3) is 0 Å². The molecule has 1 aromatic carbocycles. The minimum absolute atomic E-state index is 0.0110. The van der Waals surface area contributed by atoms with Crippen molar-refractivity contribution in [1.29, 1.82) is 5.26 Å². The molecule has 170 valence electrons. The number of esters is 1. The molecule has 1 fully saturated rings. The molecule has 1 amide bonds. The molecule has 1 aliphatic carbocycles. The van der Waals surface area contributed by atoms with E-state index in [-0.39, 0.29) is 28.6 Å². The highest BCUT2D eigenvalue weighted by molar-refractivity contribution is 7.89. The Balaban J connectivity index is 2.18. The van der Waals surface area contributed by atoms with E-state index in [1.165, 1.54) is 23.4 Å². The lowest BCUT2D eigenvalue weighted by Crippen LogP contribution is -2.52. The van der Waals surface area contributed by atoms with Crippen molar-refractivity contribution in [1.82, 2.24) is 9.62 Å². The van der Waals surface area contributed by atoms with Gasteiger partial charge in [0.1, 0.15) is 5.54 Å². The molecule has 31 heavy (non-hydrogen) atoms. The highest BCUT2D eigenvalue weighted by Gasteiger charge is 2.35. The molecule has 2 rings (SSSR count). The van der Waals surface area contributed by atoms with Crippen LogP contribution in [0.1, 0.15) is 63.2 Å². The van der Waals surface area contributed by atoms with E-state index >= 15 is 0 Å². The second-order valence-corrected chi connectivity index (χ2v) is 9.87. The number of ether oxygens (including phenoxy) is 1. The fourth-order valence-electron chi connectivity index (χ4n) is 3.57. The van der Waals surface area contributed by atoms with Crippen molar-refractivity contribution in [2.45, 2.75) is 69.4 Å². The third-order valence-electron chi connectivity index (χ3n) is 5.44. The van der Waals surface area contributed by atoms with Gasteiger partial charge < -0.3 is 10.1 Å². The summed E-state index contributed by atoms with van der Waals surface area (Å²) < 4.78 is 32.0. The summed E-state index contributed by atoms with van der Waals surface area (Å²) in [7, 11) is -3.80. The zero-order chi connectivity index (χ0) is 23.2. The van der Waals surface area contributed by atoms with Gasteiger partial charge in [0.05, 0.1) is 21.6 Å². The number of hydrogen-bond acceptors (Lipinski definition) is 6. The van der Waals surface area contributed by atoms with Gasteiger partial charge in [0.2, 0.25) is 10.0 Å². The number of carbonyl (C=O) groups excluding carboxylic acids is 2. The summed E-state index contributed by atoms with van der Waals surface area (Å²) in [5.41, 5.74) is -1.10. The van der Waals surface area contributed by atoms with E-state index in [0.29, 0.717) is 12.8 Å². The van der Waals surface area contributed by atoms with Gasteiger partial charge in [-0.25, -0.2) is 13.2 Å². The standard InChI is InChI=1S/C21H28ClN3O5S/c1-4-25(5-2)31(28,29)16-9-10-18(22)17(13-16)20(27)30-15(3)19(26)24-21(14-23)11-7-6-8-12-21/h9-10,13,15H,4-8,11-12H2,1-3H3,(H,24,26). The van der Waals surface area contributed by atoms with Crippen LogP contribution in [0.2, 0.25) is 5.02 Å². The lowest BCUT2D eigenvalue weighted by Gasteiger charge is -2.32. The summed E-state index contributed by atoms with van der Waals surface area (Å²) >= 11 is 6.10. The summed E-state index contributed by atoms with van der Waals surface area (Å²) in [6.45, 7) is 5.38. The van der Waals surface area contributed by atoms with Gasteiger partial charge in [-0.3, -0.25) is 4.79 Å². The normalized spacial score (nSPS) is 16.9. The number of amides is 1. The average Bonchev–Trinajstić information content (AvgIpc) is 2.75. The molecular formula is C21H28ClN3O5S. The van der Waals surface area contributed by atoms with Crippen LogP contribution in [0.15, 0.2) is 23.1 Å². The smallest absolute Gasteiger partial charge is 0.340 e. The van der Waals surface area contributed by atoms with E-state index in [1.807, 2.05) is 0 Å². The van der Waals surface area contributed by atoms with Crippen LogP contribution >= 0.6 is 11.6 Å². The summed E-state index contributed by atoms with van der Waals surface area (Å²) in [4.78, 5) is 25.1. The van der Waals surface area contributed by atoms with Crippen molar-refractivity contribution in [2.75, 3.05) is 13.1 Å². The average molecular weight is 470 g/mol. The van der Waals surface area contributed by atoms with E-state index in [2.05, 4.69) is 11.4 Å². The highest BCUT2D eigenvalue weighted by Crippen LogP contribution is 2.28. The van der Waals surface area contributed by atoms with Crippen molar-refractivity contribution in [2.24, 2.45) is 0 Å². The topological polar surface area (TPSA) is 117 Å². The maximum atomic E-state index is 12.7. The first-order valence-corrected chi connectivity index (χ1v) is 12.2. The molecule has 1 unspecified atom stereocenters. The number of carbonyl (C=O) groups is 2. The van der Waals surface area contributed by atoms with Crippen LogP contribution < -0.4 is 5.32 Å². The van der Waals surface area contributed by atoms with Gasteiger partial charge in [-0.2, -0.15) is 9.57 Å². The third-order valence-corrected chi connectivity index (χ3v) is 7.81. The van der Waals surface area contributed by atoms with Gasteiger partial charge in [-0.15, -0.1) is 0 Å². The number of benzene rings is 1. The van der Waals surface area contributed by atoms with Crippen LogP contribution in [0.4, 0.5) is 0 Å². The predicted molar refractivity (Wildman–Crippen MR) is 116 cm³/mol. The van der Waals surface area contributed by atoms with Gasteiger partial charge in [0.15, 0.2) is 6.10 Å². The Morgan fingerprint density at radius 1 is 1.26 bits per heavy atom. The number of sulfonamides is 1. The molecule has 1 atom stereocenters. The molecule has 1 aliphatic rings. The van der Waals surface area contributed by atoms with Crippen LogP contribution in [0.5, 0.6) is 0 Å². The molecule has 0 aliphatic heterocycles. The minimum atomic E-state index is -3.80. The molecule has 1 aromatic rings. The number of nitriles is 1. The molecule has 8 nitrogen and oxygen atoms in total. The Kier molecular flexibility index (Phi) is 8.46. The monoisotopic (exact) mass is 469 g/mol. The van der Waals surface area contributed by atoms with E-state index in [4.69, 9.17) is 16.3 Å². The lowest BCUT2D eigenvalue weighted by atomic mass is 9.83. The second kappa shape index (κ2) is 10.4. The van der Waals surface area contributed by atoms with Crippen LogP contribution in [0.3, 0.4) is 0 Å². The molecule has 0 bridgehead atoms. The van der Waals surface area contributed by atoms with Crippen LogP contribution in [0, 0.1) is 11.3 Å². The number of nitrogens with zero attached hydrogens (tertiary/aromatic N) is 2. The largest absolute Gasteiger partial charge is 0.449 e. The SMILES string of the molecule is CCN(CC)S(=O)(=O)c1ccc(Cl)c(C(=O)OC(C)C(=O)NC2(C#N)CCCCC2)c1. The maximum Gasteiger partial charge on any atom is 0.340 e. The van der Waals surface area contributed by atoms with Crippen molar-refractivity contribution in [3.8, 4) is 6.07 Å². The molecule has 10 heteroatoms. The van der Waals surface area contributed by atoms with E-state index in [1.54, 1.807) is 13.8 Å². The predicted octanol–water partition coefficient (Wildman–Crippen LogP) is 3.26. The van der Waals surface area contributed by atoms with E-state index < -0.39 is 33.5 Å². The van der Waals surface area contributed by atoms with E-state index in [9.17, 15) is 23.3 Å². The summed E-state index contributed by atoms with van der Waals surface area (Å²) in [6.07, 6.45) is 2.60. The van der Waals surface area contributed by atoms with Crippen LogP contribution in [-0.2, 0) is 19.6 Å². The van der Waals surface area contributed by atoms with Crippen molar-refractivity contribution in [3.63, 3.8) is 0 Å². The first-order valence-electron chi connectivity index (χ1n) is 10.3. The molecular weight excluding hydrogens is 442 g/mol. The molecule has 0 aromatic heterocycles. The van der Waals surface area contributed by atoms with Gasteiger partial charge >= 0.3 is 5.97 Å². The van der Waals surface area contributed by atoms with Gasteiger partial charge in [0, 0.05) is 13.1 Å². The lowest BCUT2D eigenvalue weighted by molar-refractivity contribution is -0.130. The minimum Gasteiger partial charge on any atom is -0.449 e. The molecule has 0 saturated heterocycles. The zero-order valence-electron chi connectivity index (χ0n) is 18.0. The number of halogens is 1. The Bertz CT molecular complexity index is 964. The fraction of sp³-hybridized carbons (Fsp3) is 0.571. The molecule has 1 N–H and O–H groups in total. The molecule has 1 saturated carbocycles. The van der Waals surface area contributed by atoms with Crippen molar-refractivity contribution < 1.29 is 22.7 Å². The summed E-state index contributed by atoms with van der Waals surface area (Å²) in [6, 6.07) is 5.97. The Morgan fingerprint density at radius 2 is 1.87 bits per heavy atom. The summed E-state index contributed by atoms with van der Waals surface area (Å²) in [5.74, 6) is -1.50. The summed E-state index contributed by atoms with van der Waals surface area (Å²) in [5, 5.41) is 12.2. The van der Waals surface area contributed by atoms with Gasteiger partial charge in [0.25, 0.3) is 5.91 Å². The number of rotatable bonds is 8.